The van der Waals surface area contributed by atoms with Crippen molar-refractivity contribution in [2.45, 2.75) is 12.5 Å². The molecule has 0 aromatic rings. The molecule has 92 valence electrons. The second-order valence-electron chi connectivity index (χ2n) is 3.04. The van der Waals surface area contributed by atoms with Gasteiger partial charge in [0.25, 0.3) is 0 Å². The van der Waals surface area contributed by atoms with E-state index in [0.717, 1.165) is 0 Å². The Morgan fingerprint density at radius 2 is 1.56 bits per heavy atom. The maximum absolute atomic E-state index is 10.7. The van der Waals surface area contributed by atoms with Crippen LogP contribution < -0.4 is 5.32 Å². The first kappa shape index (κ1) is 14.7. The molecule has 0 amide bonds. The van der Waals surface area contributed by atoms with Crippen LogP contribution in [0.2, 0.25) is 0 Å². The van der Waals surface area contributed by atoms with Gasteiger partial charge in [-0.1, -0.05) is 0 Å². The topological polar surface area (TPSA) is 124 Å². The molecule has 4 N–H and O–H groups in total. The number of carboxylic acids is 3. The van der Waals surface area contributed by atoms with Crippen molar-refractivity contribution in [1.82, 2.24) is 5.32 Å². The highest BCUT2D eigenvalue weighted by Crippen LogP contribution is 1.99. The highest BCUT2D eigenvalue weighted by Gasteiger charge is 2.27. The largest absolute Gasteiger partial charge is 0.481 e. The Morgan fingerprint density at radius 3 is 1.88 bits per heavy atom. The van der Waals surface area contributed by atoms with E-state index in [9.17, 15) is 14.4 Å². The highest BCUT2D eigenvalue weighted by atomic mass is 32.1. The van der Waals surface area contributed by atoms with Crippen molar-refractivity contribution in [3.63, 3.8) is 0 Å². The summed E-state index contributed by atoms with van der Waals surface area (Å²) in [4.78, 5) is 31.6. The molecule has 0 rings (SSSR count). The van der Waals surface area contributed by atoms with E-state index in [4.69, 9.17) is 15.3 Å². The summed E-state index contributed by atoms with van der Waals surface area (Å²) < 4.78 is 0. The SMILES string of the molecule is O=C(O)C(CN[C@@H](CCS)C(=O)O)C(=O)O. The third kappa shape index (κ3) is 4.99. The number of carbonyl (C=O) groups is 3. The normalized spacial score (nSPS) is 12.4. The molecule has 0 aliphatic carbocycles. The van der Waals surface area contributed by atoms with E-state index >= 15 is 0 Å². The first-order chi connectivity index (χ1) is 7.40. The summed E-state index contributed by atoms with van der Waals surface area (Å²) >= 11 is 3.84. The molecule has 0 radical (unpaired) electrons. The number of hydrogen-bond donors (Lipinski definition) is 5. The zero-order chi connectivity index (χ0) is 12.7. The van der Waals surface area contributed by atoms with Crippen molar-refractivity contribution >= 4 is 30.5 Å². The minimum absolute atomic E-state index is 0.185. The maximum Gasteiger partial charge on any atom is 0.320 e. The average Bonchev–Trinajstić information content (AvgIpc) is 2.15. The van der Waals surface area contributed by atoms with E-state index in [1.807, 2.05) is 0 Å². The predicted octanol–water partition coefficient (Wildman–Crippen LogP) is -0.865. The molecule has 0 saturated carbocycles. The fraction of sp³-hybridized carbons (Fsp3) is 0.625. The second-order valence-corrected chi connectivity index (χ2v) is 3.49. The smallest absolute Gasteiger partial charge is 0.320 e. The molecule has 0 saturated heterocycles. The third-order valence-corrected chi connectivity index (χ3v) is 2.14. The van der Waals surface area contributed by atoms with Crippen LogP contribution in [0.15, 0.2) is 0 Å². The number of carboxylic acid groups (broad SMARTS) is 3. The van der Waals surface area contributed by atoms with Gasteiger partial charge in [0.05, 0.1) is 0 Å². The Labute approximate surface area is 96.9 Å². The molecular weight excluding hydrogens is 238 g/mol. The standard InChI is InChI=1S/C8H13NO6S/c10-6(11)4(7(12)13)3-9-5(1-2-16)8(14)15/h4-5,9,16H,1-3H2,(H,10,11)(H,12,13)(H,14,15)/t5-/m0/s1. The van der Waals surface area contributed by atoms with Gasteiger partial charge in [-0.05, 0) is 12.2 Å². The van der Waals surface area contributed by atoms with Gasteiger partial charge < -0.3 is 20.6 Å². The van der Waals surface area contributed by atoms with E-state index in [-0.39, 0.29) is 6.42 Å². The lowest BCUT2D eigenvalue weighted by Crippen LogP contribution is -2.43. The summed E-state index contributed by atoms with van der Waals surface area (Å²) in [6.45, 7) is -0.435. The molecule has 0 heterocycles. The van der Waals surface area contributed by atoms with Gasteiger partial charge in [-0.2, -0.15) is 12.6 Å². The third-order valence-electron chi connectivity index (χ3n) is 1.88. The number of rotatable bonds is 8. The molecule has 0 bridgehead atoms. The van der Waals surface area contributed by atoms with Crippen molar-refractivity contribution < 1.29 is 29.7 Å². The Balaban J connectivity index is 4.31. The fourth-order valence-electron chi connectivity index (χ4n) is 0.982. The summed E-state index contributed by atoms with van der Waals surface area (Å²) in [5.41, 5.74) is 0. The van der Waals surface area contributed by atoms with Gasteiger partial charge in [0.1, 0.15) is 6.04 Å². The first-order valence-electron chi connectivity index (χ1n) is 4.42. The van der Waals surface area contributed by atoms with Crippen molar-refractivity contribution in [3.05, 3.63) is 0 Å². The van der Waals surface area contributed by atoms with Crippen LogP contribution in [-0.2, 0) is 14.4 Å². The summed E-state index contributed by atoms with van der Waals surface area (Å²) in [5.74, 6) is -5.52. The molecule has 16 heavy (non-hydrogen) atoms. The van der Waals surface area contributed by atoms with Crippen molar-refractivity contribution in [2.75, 3.05) is 12.3 Å². The number of nitrogens with one attached hydrogen (secondary N) is 1. The zero-order valence-electron chi connectivity index (χ0n) is 8.29. The Kier molecular flexibility index (Phi) is 6.50. The molecule has 0 aliphatic rings. The minimum atomic E-state index is -1.65. The van der Waals surface area contributed by atoms with E-state index < -0.39 is 36.4 Å². The van der Waals surface area contributed by atoms with Gasteiger partial charge in [-0.15, -0.1) is 0 Å². The van der Waals surface area contributed by atoms with Crippen LogP contribution in [0.1, 0.15) is 6.42 Å². The quantitative estimate of drug-likeness (QED) is 0.281. The molecule has 0 fully saturated rings. The molecule has 7 nitrogen and oxygen atoms in total. The van der Waals surface area contributed by atoms with E-state index in [1.165, 1.54) is 0 Å². The first-order valence-corrected chi connectivity index (χ1v) is 5.06. The van der Waals surface area contributed by atoms with Crippen LogP contribution in [0, 0.1) is 5.92 Å². The Hall–Kier alpha value is -1.28. The molecule has 0 aliphatic heterocycles. The van der Waals surface area contributed by atoms with E-state index in [1.54, 1.807) is 0 Å². The highest BCUT2D eigenvalue weighted by molar-refractivity contribution is 7.80. The lowest BCUT2D eigenvalue weighted by atomic mass is 10.1. The van der Waals surface area contributed by atoms with Crippen LogP contribution in [0.5, 0.6) is 0 Å². The number of aliphatic carboxylic acids is 3. The maximum atomic E-state index is 10.7. The van der Waals surface area contributed by atoms with Crippen molar-refractivity contribution in [3.8, 4) is 0 Å². The molecule has 0 aromatic heterocycles. The predicted molar refractivity (Wildman–Crippen MR) is 56.7 cm³/mol. The summed E-state index contributed by atoms with van der Waals surface area (Å²) in [6.07, 6.45) is 0.185. The van der Waals surface area contributed by atoms with Crippen LogP contribution >= 0.6 is 12.6 Å². The lowest BCUT2D eigenvalue weighted by molar-refractivity contribution is -0.155. The monoisotopic (exact) mass is 251 g/mol. The van der Waals surface area contributed by atoms with Crippen molar-refractivity contribution in [1.29, 1.82) is 0 Å². The molecule has 1 atom stereocenters. The number of thiol groups is 1. The van der Waals surface area contributed by atoms with Gasteiger partial charge in [0, 0.05) is 6.54 Å². The van der Waals surface area contributed by atoms with Gasteiger partial charge in [-0.3, -0.25) is 14.4 Å². The zero-order valence-corrected chi connectivity index (χ0v) is 9.18. The van der Waals surface area contributed by atoms with E-state index in [2.05, 4.69) is 17.9 Å². The number of hydrogen-bond acceptors (Lipinski definition) is 5. The second kappa shape index (κ2) is 7.07. The van der Waals surface area contributed by atoms with Gasteiger partial charge in [0.2, 0.25) is 0 Å². The van der Waals surface area contributed by atoms with Crippen LogP contribution in [-0.4, -0.2) is 51.6 Å². The molecular formula is C8H13NO6S. The van der Waals surface area contributed by atoms with Gasteiger partial charge >= 0.3 is 17.9 Å². The molecule has 0 aromatic carbocycles. The lowest BCUT2D eigenvalue weighted by Gasteiger charge is -2.15. The minimum Gasteiger partial charge on any atom is -0.481 e. The molecule has 0 unspecified atom stereocenters. The summed E-state index contributed by atoms with van der Waals surface area (Å²) in [5, 5.41) is 28.2. The Bertz CT molecular complexity index is 268. The van der Waals surface area contributed by atoms with Crippen molar-refractivity contribution in [2.24, 2.45) is 5.92 Å². The van der Waals surface area contributed by atoms with Crippen LogP contribution in [0.4, 0.5) is 0 Å². The van der Waals surface area contributed by atoms with E-state index in [0.29, 0.717) is 5.75 Å². The summed E-state index contributed by atoms with van der Waals surface area (Å²) in [7, 11) is 0. The average molecular weight is 251 g/mol. The fourth-order valence-corrected chi connectivity index (χ4v) is 1.24. The molecule has 0 spiro atoms. The Morgan fingerprint density at radius 1 is 1.06 bits per heavy atom. The van der Waals surface area contributed by atoms with Gasteiger partial charge in [-0.25, -0.2) is 0 Å². The van der Waals surface area contributed by atoms with Gasteiger partial charge in [0.15, 0.2) is 5.92 Å². The molecule has 8 heteroatoms. The van der Waals surface area contributed by atoms with Crippen LogP contribution in [0.25, 0.3) is 0 Å². The van der Waals surface area contributed by atoms with Crippen LogP contribution in [0.3, 0.4) is 0 Å². The summed E-state index contributed by atoms with van der Waals surface area (Å²) in [6, 6.07) is -0.987.